The molecule has 122 valence electrons. The van der Waals surface area contributed by atoms with Crippen LogP contribution >= 0.6 is 0 Å². The fourth-order valence-corrected chi connectivity index (χ4v) is 3.16. The van der Waals surface area contributed by atoms with Crippen molar-refractivity contribution in [2.45, 2.75) is 38.9 Å². The molecule has 2 atom stereocenters. The SMILES string of the molecule is CCC(C)N1CCN(C(=O)C2(C(F)(F)F)CCNC2)CC1. The maximum Gasteiger partial charge on any atom is 0.404 e. The van der Waals surface area contributed by atoms with Crippen LogP contribution in [0.15, 0.2) is 0 Å². The van der Waals surface area contributed by atoms with Gasteiger partial charge in [-0.3, -0.25) is 9.69 Å². The maximum atomic E-state index is 13.4. The molecule has 21 heavy (non-hydrogen) atoms. The molecule has 0 aromatic carbocycles. The summed E-state index contributed by atoms with van der Waals surface area (Å²) in [5.74, 6) is -0.746. The molecule has 0 spiro atoms. The van der Waals surface area contributed by atoms with E-state index in [-0.39, 0.29) is 19.5 Å². The van der Waals surface area contributed by atoms with Gasteiger partial charge >= 0.3 is 6.18 Å². The molecule has 1 N–H and O–H groups in total. The van der Waals surface area contributed by atoms with Gasteiger partial charge < -0.3 is 10.2 Å². The van der Waals surface area contributed by atoms with Crippen LogP contribution in [-0.4, -0.2) is 67.2 Å². The minimum atomic E-state index is -4.48. The summed E-state index contributed by atoms with van der Waals surface area (Å²) >= 11 is 0. The number of carbonyl (C=O) groups is 1. The first-order chi connectivity index (χ1) is 9.82. The van der Waals surface area contributed by atoms with Gasteiger partial charge in [0.15, 0.2) is 5.41 Å². The van der Waals surface area contributed by atoms with Crippen molar-refractivity contribution in [2.75, 3.05) is 39.3 Å². The van der Waals surface area contributed by atoms with Gasteiger partial charge in [-0.15, -0.1) is 0 Å². The zero-order valence-electron chi connectivity index (χ0n) is 12.7. The van der Waals surface area contributed by atoms with E-state index in [1.807, 2.05) is 0 Å². The molecule has 2 unspecified atom stereocenters. The number of carbonyl (C=O) groups excluding carboxylic acids is 1. The molecule has 1 amide bonds. The highest BCUT2D eigenvalue weighted by Crippen LogP contribution is 2.44. The Morgan fingerprint density at radius 3 is 2.33 bits per heavy atom. The van der Waals surface area contributed by atoms with Crippen LogP contribution in [0.5, 0.6) is 0 Å². The van der Waals surface area contributed by atoms with Crippen molar-refractivity contribution in [3.05, 3.63) is 0 Å². The average Bonchev–Trinajstić information content (AvgIpc) is 2.96. The second-order valence-corrected chi connectivity index (χ2v) is 6.09. The van der Waals surface area contributed by atoms with Crippen molar-refractivity contribution in [1.82, 2.24) is 15.1 Å². The number of nitrogens with zero attached hydrogens (tertiary/aromatic N) is 2. The van der Waals surface area contributed by atoms with E-state index in [0.717, 1.165) is 6.42 Å². The molecule has 0 aromatic heterocycles. The molecule has 7 heteroatoms. The zero-order valence-corrected chi connectivity index (χ0v) is 12.7. The Hall–Kier alpha value is -0.820. The highest BCUT2D eigenvalue weighted by molar-refractivity contribution is 5.84. The number of hydrogen-bond donors (Lipinski definition) is 1. The highest BCUT2D eigenvalue weighted by Gasteiger charge is 2.62. The molecule has 2 saturated heterocycles. The topological polar surface area (TPSA) is 35.6 Å². The van der Waals surface area contributed by atoms with Crippen LogP contribution < -0.4 is 5.32 Å². The van der Waals surface area contributed by atoms with Gasteiger partial charge in [-0.05, 0) is 26.3 Å². The lowest BCUT2D eigenvalue weighted by Crippen LogP contribution is -2.58. The Labute approximate surface area is 123 Å². The average molecular weight is 307 g/mol. The predicted molar refractivity (Wildman–Crippen MR) is 73.9 cm³/mol. The second kappa shape index (κ2) is 6.12. The van der Waals surface area contributed by atoms with Crippen LogP contribution in [-0.2, 0) is 4.79 Å². The van der Waals surface area contributed by atoms with Crippen LogP contribution in [0.3, 0.4) is 0 Å². The summed E-state index contributed by atoms with van der Waals surface area (Å²) in [6.07, 6.45) is -3.63. The molecule has 0 aromatic rings. The van der Waals surface area contributed by atoms with Crippen molar-refractivity contribution in [1.29, 1.82) is 0 Å². The molecule has 2 aliphatic rings. The molecule has 0 aliphatic carbocycles. The number of halogens is 3. The first kappa shape index (κ1) is 16.5. The van der Waals surface area contributed by atoms with Crippen LogP contribution in [0, 0.1) is 5.41 Å². The quantitative estimate of drug-likeness (QED) is 0.858. The summed E-state index contributed by atoms with van der Waals surface area (Å²) in [5, 5.41) is 2.70. The highest BCUT2D eigenvalue weighted by atomic mass is 19.4. The van der Waals surface area contributed by atoms with E-state index in [2.05, 4.69) is 24.1 Å². The summed E-state index contributed by atoms with van der Waals surface area (Å²) in [7, 11) is 0. The van der Waals surface area contributed by atoms with Crippen LogP contribution in [0.2, 0.25) is 0 Å². The van der Waals surface area contributed by atoms with E-state index in [1.165, 1.54) is 4.90 Å². The van der Waals surface area contributed by atoms with E-state index < -0.39 is 17.5 Å². The third-order valence-corrected chi connectivity index (χ3v) is 4.92. The number of hydrogen-bond acceptors (Lipinski definition) is 3. The van der Waals surface area contributed by atoms with E-state index in [1.54, 1.807) is 0 Å². The number of alkyl halides is 3. The van der Waals surface area contributed by atoms with E-state index in [4.69, 9.17) is 0 Å². The molecular weight excluding hydrogens is 283 g/mol. The van der Waals surface area contributed by atoms with Crippen molar-refractivity contribution in [3.63, 3.8) is 0 Å². The predicted octanol–water partition coefficient (Wildman–Crippen LogP) is 1.47. The molecular formula is C14H24F3N3O. The van der Waals surface area contributed by atoms with Gasteiger partial charge in [0.1, 0.15) is 0 Å². The molecule has 2 heterocycles. The zero-order chi connectivity index (χ0) is 15.7. The molecule has 2 rings (SSSR count). The Kier molecular flexibility index (Phi) is 4.82. The van der Waals surface area contributed by atoms with Gasteiger partial charge in [-0.1, -0.05) is 6.92 Å². The standard InChI is InChI=1S/C14H24F3N3O/c1-3-11(2)19-6-8-20(9-7-19)12(21)13(14(15,16)17)4-5-18-10-13/h11,18H,3-10H2,1-2H3. The van der Waals surface area contributed by atoms with Gasteiger partial charge in [-0.25, -0.2) is 0 Å². The van der Waals surface area contributed by atoms with E-state index >= 15 is 0 Å². The Balaban J connectivity index is 2.04. The van der Waals surface area contributed by atoms with E-state index in [0.29, 0.717) is 32.2 Å². The molecule has 0 saturated carbocycles. The first-order valence-corrected chi connectivity index (χ1v) is 7.62. The number of rotatable bonds is 3. The first-order valence-electron chi connectivity index (χ1n) is 7.62. The van der Waals surface area contributed by atoms with Gasteiger partial charge in [0, 0.05) is 38.8 Å². The summed E-state index contributed by atoms with van der Waals surface area (Å²) in [4.78, 5) is 16.1. The summed E-state index contributed by atoms with van der Waals surface area (Å²) in [6, 6.07) is 0.409. The van der Waals surface area contributed by atoms with Gasteiger partial charge in [-0.2, -0.15) is 13.2 Å². The lowest BCUT2D eigenvalue weighted by molar-refractivity contribution is -0.222. The normalized spacial score (nSPS) is 29.7. The number of amides is 1. The van der Waals surface area contributed by atoms with Crippen molar-refractivity contribution in [3.8, 4) is 0 Å². The van der Waals surface area contributed by atoms with Crippen LogP contribution in [0.4, 0.5) is 13.2 Å². The Morgan fingerprint density at radius 1 is 1.29 bits per heavy atom. The second-order valence-electron chi connectivity index (χ2n) is 6.09. The van der Waals surface area contributed by atoms with Crippen molar-refractivity contribution in [2.24, 2.45) is 5.41 Å². The number of nitrogens with one attached hydrogen (secondary N) is 1. The van der Waals surface area contributed by atoms with Crippen molar-refractivity contribution < 1.29 is 18.0 Å². The van der Waals surface area contributed by atoms with Crippen molar-refractivity contribution >= 4 is 5.91 Å². The van der Waals surface area contributed by atoms with Crippen LogP contribution in [0.25, 0.3) is 0 Å². The van der Waals surface area contributed by atoms with Gasteiger partial charge in [0.05, 0.1) is 0 Å². The molecule has 0 bridgehead atoms. The molecule has 2 fully saturated rings. The summed E-state index contributed by atoms with van der Waals surface area (Å²) < 4.78 is 40.1. The number of piperazine rings is 1. The summed E-state index contributed by atoms with van der Waals surface area (Å²) in [6.45, 7) is 6.24. The third kappa shape index (κ3) is 3.04. The smallest absolute Gasteiger partial charge is 0.339 e. The fourth-order valence-electron chi connectivity index (χ4n) is 3.16. The molecule has 0 radical (unpaired) electrons. The third-order valence-electron chi connectivity index (χ3n) is 4.92. The van der Waals surface area contributed by atoms with Gasteiger partial charge in [0.2, 0.25) is 5.91 Å². The Bertz CT molecular complexity index is 372. The summed E-state index contributed by atoms with van der Waals surface area (Å²) in [5.41, 5.74) is -2.22. The monoisotopic (exact) mass is 307 g/mol. The maximum absolute atomic E-state index is 13.4. The van der Waals surface area contributed by atoms with Gasteiger partial charge in [0.25, 0.3) is 0 Å². The minimum absolute atomic E-state index is 0.152. The molecule has 4 nitrogen and oxygen atoms in total. The van der Waals surface area contributed by atoms with Crippen LogP contribution in [0.1, 0.15) is 26.7 Å². The van der Waals surface area contributed by atoms with E-state index in [9.17, 15) is 18.0 Å². The largest absolute Gasteiger partial charge is 0.404 e. The molecule has 2 aliphatic heterocycles. The Morgan fingerprint density at radius 2 is 1.90 bits per heavy atom. The minimum Gasteiger partial charge on any atom is -0.339 e. The fraction of sp³-hybridized carbons (Fsp3) is 0.929. The lowest BCUT2D eigenvalue weighted by Gasteiger charge is -2.41. The lowest BCUT2D eigenvalue weighted by atomic mass is 9.84.